The number of hydrogen-bond donors (Lipinski definition) is 1. The number of hydrogen-bond acceptors (Lipinski definition) is 3. The Labute approximate surface area is 75.1 Å². The molecule has 2 heterocycles. The summed E-state index contributed by atoms with van der Waals surface area (Å²) in [5, 5.41) is 2.81. The van der Waals surface area contributed by atoms with Gasteiger partial charge < -0.3 is 4.79 Å². The minimum Gasteiger partial charge on any atom is -0.302 e. The maximum absolute atomic E-state index is 12.8. The molecule has 0 amide bonds. The molecule has 2 fully saturated rings. The van der Waals surface area contributed by atoms with Crippen molar-refractivity contribution in [2.24, 2.45) is 0 Å². The normalized spacial score (nSPS) is 39.8. The summed E-state index contributed by atoms with van der Waals surface area (Å²) in [6.45, 7) is 1.10. The molecule has 2 rings (SSSR count). The standard InChI is InChI=1S/C8H12F2N2O/c9-7(10)8-2-1-6(5-13)12(8)4-3-11-8/h5-7,11H,1-4H2. The molecular weight excluding hydrogens is 178 g/mol. The van der Waals surface area contributed by atoms with Gasteiger partial charge in [-0.3, -0.25) is 10.2 Å². The molecule has 3 nitrogen and oxygen atoms in total. The van der Waals surface area contributed by atoms with Crippen molar-refractivity contribution in [3.8, 4) is 0 Å². The largest absolute Gasteiger partial charge is 0.302 e. The first-order valence-corrected chi connectivity index (χ1v) is 4.46. The van der Waals surface area contributed by atoms with Crippen molar-refractivity contribution in [1.29, 1.82) is 0 Å². The summed E-state index contributed by atoms with van der Waals surface area (Å²) >= 11 is 0. The van der Waals surface area contributed by atoms with Crippen LogP contribution in [0.25, 0.3) is 0 Å². The Morgan fingerprint density at radius 3 is 3.00 bits per heavy atom. The van der Waals surface area contributed by atoms with Crippen molar-refractivity contribution < 1.29 is 13.6 Å². The first-order chi connectivity index (χ1) is 6.20. The third-order valence-electron chi connectivity index (χ3n) is 3.04. The van der Waals surface area contributed by atoms with Crippen LogP contribution in [-0.4, -0.2) is 42.4 Å². The predicted molar refractivity (Wildman–Crippen MR) is 42.5 cm³/mol. The van der Waals surface area contributed by atoms with Crippen LogP contribution in [0.15, 0.2) is 0 Å². The van der Waals surface area contributed by atoms with Crippen LogP contribution >= 0.6 is 0 Å². The second-order valence-electron chi connectivity index (χ2n) is 3.59. The van der Waals surface area contributed by atoms with Gasteiger partial charge in [-0.25, -0.2) is 8.78 Å². The molecule has 0 spiro atoms. The fourth-order valence-corrected chi connectivity index (χ4v) is 2.36. The number of carbonyl (C=O) groups excluding carboxylic acids is 1. The van der Waals surface area contributed by atoms with Crippen LogP contribution in [0.2, 0.25) is 0 Å². The quantitative estimate of drug-likeness (QED) is 0.632. The first-order valence-electron chi connectivity index (χ1n) is 4.46. The van der Waals surface area contributed by atoms with E-state index >= 15 is 0 Å². The van der Waals surface area contributed by atoms with Crippen molar-refractivity contribution in [3.05, 3.63) is 0 Å². The van der Waals surface area contributed by atoms with E-state index in [0.717, 1.165) is 6.29 Å². The fourth-order valence-electron chi connectivity index (χ4n) is 2.36. The van der Waals surface area contributed by atoms with Crippen molar-refractivity contribution >= 4 is 6.29 Å². The molecule has 0 aromatic rings. The van der Waals surface area contributed by atoms with E-state index in [4.69, 9.17) is 0 Å². The number of nitrogens with one attached hydrogen (secondary N) is 1. The average Bonchev–Trinajstić information content (AvgIpc) is 2.60. The molecule has 0 saturated carbocycles. The van der Waals surface area contributed by atoms with Gasteiger partial charge in [0.25, 0.3) is 6.43 Å². The zero-order valence-electron chi connectivity index (χ0n) is 7.17. The molecule has 1 N–H and O–H groups in total. The monoisotopic (exact) mass is 190 g/mol. The number of fused-ring (bicyclic) bond motifs is 1. The number of alkyl halides is 2. The molecule has 0 aromatic heterocycles. The highest BCUT2D eigenvalue weighted by Gasteiger charge is 2.54. The van der Waals surface area contributed by atoms with E-state index in [0.29, 0.717) is 25.9 Å². The van der Waals surface area contributed by atoms with Gasteiger partial charge in [0.1, 0.15) is 11.9 Å². The number of halogens is 2. The van der Waals surface area contributed by atoms with Crippen LogP contribution in [0, 0.1) is 0 Å². The van der Waals surface area contributed by atoms with Crippen molar-refractivity contribution in [2.45, 2.75) is 31.0 Å². The molecule has 5 heteroatoms. The van der Waals surface area contributed by atoms with Crippen LogP contribution in [-0.2, 0) is 4.79 Å². The Bertz CT molecular complexity index is 224. The molecule has 2 saturated heterocycles. The molecule has 2 aliphatic rings. The van der Waals surface area contributed by atoms with E-state index in [1.807, 2.05) is 0 Å². The van der Waals surface area contributed by atoms with Gasteiger partial charge >= 0.3 is 0 Å². The third-order valence-corrected chi connectivity index (χ3v) is 3.04. The van der Waals surface area contributed by atoms with E-state index in [2.05, 4.69) is 5.32 Å². The van der Waals surface area contributed by atoms with Gasteiger partial charge in [0.05, 0.1) is 6.04 Å². The highest BCUT2D eigenvalue weighted by atomic mass is 19.3. The predicted octanol–water partition coefficient (Wildman–Crippen LogP) is 0.214. The molecular formula is C8H12F2N2O. The second kappa shape index (κ2) is 2.99. The molecule has 2 aliphatic heterocycles. The zero-order chi connectivity index (χ0) is 9.47. The molecule has 0 bridgehead atoms. The van der Waals surface area contributed by atoms with Crippen molar-refractivity contribution in [2.75, 3.05) is 13.1 Å². The first kappa shape index (κ1) is 9.02. The third kappa shape index (κ3) is 1.10. The lowest BCUT2D eigenvalue weighted by Gasteiger charge is -2.32. The molecule has 74 valence electrons. The summed E-state index contributed by atoms with van der Waals surface area (Å²) in [5.41, 5.74) is -1.20. The van der Waals surface area contributed by atoms with Crippen LogP contribution in [0.3, 0.4) is 0 Å². The van der Waals surface area contributed by atoms with E-state index in [-0.39, 0.29) is 6.04 Å². The summed E-state index contributed by atoms with van der Waals surface area (Å²) in [5.74, 6) is 0. The summed E-state index contributed by atoms with van der Waals surface area (Å²) in [6.07, 6.45) is -0.730. The Kier molecular flexibility index (Phi) is 2.08. The summed E-state index contributed by atoms with van der Waals surface area (Å²) < 4.78 is 25.6. The average molecular weight is 190 g/mol. The van der Waals surface area contributed by atoms with E-state index in [1.54, 1.807) is 4.90 Å². The molecule has 0 aliphatic carbocycles. The molecule has 0 aromatic carbocycles. The van der Waals surface area contributed by atoms with Crippen LogP contribution in [0.1, 0.15) is 12.8 Å². The maximum atomic E-state index is 12.8. The summed E-state index contributed by atoms with van der Waals surface area (Å²) in [6, 6.07) is -0.316. The van der Waals surface area contributed by atoms with Crippen LogP contribution < -0.4 is 5.32 Å². The van der Waals surface area contributed by atoms with Gasteiger partial charge in [-0.1, -0.05) is 0 Å². The van der Waals surface area contributed by atoms with Gasteiger partial charge in [-0.05, 0) is 12.8 Å². The minimum atomic E-state index is -2.42. The Balaban J connectivity index is 2.23. The number of rotatable bonds is 2. The lowest BCUT2D eigenvalue weighted by atomic mass is 10.1. The Hall–Kier alpha value is -0.550. The maximum Gasteiger partial charge on any atom is 0.269 e. The van der Waals surface area contributed by atoms with E-state index < -0.39 is 12.1 Å². The van der Waals surface area contributed by atoms with E-state index in [1.165, 1.54) is 0 Å². The highest BCUT2D eigenvalue weighted by molar-refractivity contribution is 5.59. The van der Waals surface area contributed by atoms with Crippen molar-refractivity contribution in [3.63, 3.8) is 0 Å². The number of carbonyl (C=O) groups is 1. The minimum absolute atomic E-state index is 0.316. The summed E-state index contributed by atoms with van der Waals surface area (Å²) in [7, 11) is 0. The van der Waals surface area contributed by atoms with Gasteiger partial charge in [-0.2, -0.15) is 0 Å². The number of nitrogens with zero attached hydrogens (tertiary/aromatic N) is 1. The lowest BCUT2D eigenvalue weighted by molar-refractivity contribution is -0.114. The fraction of sp³-hybridized carbons (Fsp3) is 0.875. The molecule has 2 unspecified atom stereocenters. The molecule has 13 heavy (non-hydrogen) atoms. The van der Waals surface area contributed by atoms with Gasteiger partial charge in [-0.15, -0.1) is 0 Å². The molecule has 0 radical (unpaired) electrons. The van der Waals surface area contributed by atoms with E-state index in [9.17, 15) is 13.6 Å². The zero-order valence-corrected chi connectivity index (χ0v) is 7.17. The van der Waals surface area contributed by atoms with Crippen LogP contribution in [0.4, 0.5) is 8.78 Å². The SMILES string of the molecule is O=CC1CCC2(C(F)F)NCCN12. The van der Waals surface area contributed by atoms with Gasteiger partial charge in [0.2, 0.25) is 0 Å². The Morgan fingerprint density at radius 1 is 1.62 bits per heavy atom. The lowest BCUT2D eigenvalue weighted by Crippen LogP contribution is -2.55. The highest BCUT2D eigenvalue weighted by Crippen LogP contribution is 2.38. The number of aldehydes is 1. The second-order valence-corrected chi connectivity index (χ2v) is 3.59. The van der Waals surface area contributed by atoms with Crippen LogP contribution in [0.5, 0.6) is 0 Å². The smallest absolute Gasteiger partial charge is 0.269 e. The summed E-state index contributed by atoms with van der Waals surface area (Å²) in [4.78, 5) is 12.2. The molecule has 2 atom stereocenters. The van der Waals surface area contributed by atoms with Crippen molar-refractivity contribution in [1.82, 2.24) is 10.2 Å². The Morgan fingerprint density at radius 2 is 2.38 bits per heavy atom. The van der Waals surface area contributed by atoms with Gasteiger partial charge in [0.15, 0.2) is 0 Å². The van der Waals surface area contributed by atoms with Gasteiger partial charge in [0, 0.05) is 13.1 Å². The topological polar surface area (TPSA) is 32.3 Å².